The highest BCUT2D eigenvalue weighted by Gasteiger charge is 2.30. The first kappa shape index (κ1) is 13.1. The van der Waals surface area contributed by atoms with E-state index >= 15 is 0 Å². The summed E-state index contributed by atoms with van der Waals surface area (Å²) in [5.41, 5.74) is 0. The van der Waals surface area contributed by atoms with Crippen LogP contribution in [-0.2, 0) is 11.3 Å². The fourth-order valence-electron chi connectivity index (χ4n) is 2.58. The van der Waals surface area contributed by atoms with E-state index in [4.69, 9.17) is 0 Å². The van der Waals surface area contributed by atoms with Gasteiger partial charge in [-0.2, -0.15) is 0 Å². The molecule has 1 aromatic heterocycles. The van der Waals surface area contributed by atoms with Crippen LogP contribution in [0.4, 0.5) is 5.13 Å². The normalized spacial score (nSPS) is 24.4. The van der Waals surface area contributed by atoms with E-state index < -0.39 is 0 Å². The van der Waals surface area contributed by atoms with Gasteiger partial charge in [0.05, 0.1) is 0 Å². The van der Waals surface area contributed by atoms with E-state index in [-0.39, 0.29) is 11.8 Å². The minimum Gasteiger partial charge on any atom is -0.302 e. The lowest BCUT2D eigenvalue weighted by atomic mass is 10.0. The Morgan fingerprint density at radius 1 is 1.47 bits per heavy atom. The number of hydrogen-bond donors (Lipinski definition) is 1. The lowest BCUT2D eigenvalue weighted by molar-refractivity contribution is -0.117. The number of nitrogens with zero attached hydrogens (tertiary/aromatic N) is 2. The van der Waals surface area contributed by atoms with E-state index in [0.717, 1.165) is 24.5 Å². The first-order valence-electron chi connectivity index (χ1n) is 7.22. The molecule has 3 rings (SSSR count). The van der Waals surface area contributed by atoms with Crippen LogP contribution in [0.5, 0.6) is 0 Å². The van der Waals surface area contributed by atoms with Gasteiger partial charge in [-0.3, -0.25) is 9.69 Å². The fraction of sp³-hybridized carbons (Fsp3) is 0.714. The van der Waals surface area contributed by atoms with Gasteiger partial charge in [0.1, 0.15) is 0 Å². The third-order valence-electron chi connectivity index (χ3n) is 4.03. The zero-order valence-electron chi connectivity index (χ0n) is 11.4. The lowest BCUT2D eigenvalue weighted by Gasteiger charge is -2.32. The standard InChI is InChI=1S/C14H21N3OS/c1-10-4-2-3-7-17(10)9-12-8-15-14(19-12)16-13(18)11-5-6-11/h8,10-11H,2-7,9H2,1H3,(H,15,16,18). The Balaban J connectivity index is 1.56. The van der Waals surface area contributed by atoms with Crippen LogP contribution < -0.4 is 5.32 Å². The molecule has 0 bridgehead atoms. The highest BCUT2D eigenvalue weighted by molar-refractivity contribution is 7.15. The molecule has 1 N–H and O–H groups in total. The third kappa shape index (κ3) is 3.34. The lowest BCUT2D eigenvalue weighted by Crippen LogP contribution is -2.36. The molecule has 1 atom stereocenters. The quantitative estimate of drug-likeness (QED) is 0.921. The first-order valence-corrected chi connectivity index (χ1v) is 8.03. The van der Waals surface area contributed by atoms with Gasteiger partial charge in [0.15, 0.2) is 5.13 Å². The van der Waals surface area contributed by atoms with Crippen LogP contribution in [0.25, 0.3) is 0 Å². The number of rotatable bonds is 4. The second-order valence-electron chi connectivity index (χ2n) is 5.71. The molecule has 0 aromatic carbocycles. The summed E-state index contributed by atoms with van der Waals surface area (Å²) in [4.78, 5) is 19.8. The summed E-state index contributed by atoms with van der Waals surface area (Å²) in [6.45, 7) is 4.46. The first-order chi connectivity index (χ1) is 9.22. The molecule has 1 saturated heterocycles. The Bertz CT molecular complexity index is 455. The van der Waals surface area contributed by atoms with Crippen molar-refractivity contribution in [3.05, 3.63) is 11.1 Å². The van der Waals surface area contributed by atoms with Crippen LogP contribution in [0.3, 0.4) is 0 Å². The molecule has 19 heavy (non-hydrogen) atoms. The number of hydrogen-bond acceptors (Lipinski definition) is 4. The minimum absolute atomic E-state index is 0.146. The molecule has 0 radical (unpaired) electrons. The van der Waals surface area contributed by atoms with Crippen LogP contribution >= 0.6 is 11.3 Å². The summed E-state index contributed by atoms with van der Waals surface area (Å²) in [7, 11) is 0. The molecule has 5 heteroatoms. The topological polar surface area (TPSA) is 45.2 Å². The van der Waals surface area contributed by atoms with Crippen LogP contribution in [0.15, 0.2) is 6.20 Å². The van der Waals surface area contributed by atoms with Crippen molar-refractivity contribution in [2.45, 2.75) is 51.6 Å². The van der Waals surface area contributed by atoms with E-state index in [2.05, 4.69) is 22.1 Å². The van der Waals surface area contributed by atoms with Crippen molar-refractivity contribution in [3.63, 3.8) is 0 Å². The highest BCUT2D eigenvalue weighted by Crippen LogP contribution is 2.31. The maximum atomic E-state index is 11.7. The predicted octanol–water partition coefficient (Wildman–Crippen LogP) is 2.87. The van der Waals surface area contributed by atoms with Crippen molar-refractivity contribution in [2.75, 3.05) is 11.9 Å². The van der Waals surface area contributed by atoms with Gasteiger partial charge >= 0.3 is 0 Å². The second kappa shape index (κ2) is 5.59. The number of piperidine rings is 1. The molecule has 2 aliphatic rings. The zero-order valence-corrected chi connectivity index (χ0v) is 12.2. The average molecular weight is 279 g/mol. The molecule has 4 nitrogen and oxygen atoms in total. The van der Waals surface area contributed by atoms with E-state index in [1.807, 2.05) is 6.20 Å². The SMILES string of the molecule is CC1CCCCN1Cc1cnc(NC(=O)C2CC2)s1. The third-order valence-corrected chi connectivity index (χ3v) is 4.93. The molecule has 1 aliphatic carbocycles. The van der Waals surface area contributed by atoms with Crippen molar-refractivity contribution in [2.24, 2.45) is 5.92 Å². The summed E-state index contributed by atoms with van der Waals surface area (Å²) in [6.07, 6.45) is 7.93. The van der Waals surface area contributed by atoms with Crippen LogP contribution in [0.2, 0.25) is 0 Å². The van der Waals surface area contributed by atoms with E-state index in [0.29, 0.717) is 6.04 Å². The van der Waals surface area contributed by atoms with Crippen molar-refractivity contribution in [3.8, 4) is 0 Å². The molecular formula is C14H21N3OS. The van der Waals surface area contributed by atoms with Gasteiger partial charge in [0.2, 0.25) is 5.91 Å². The average Bonchev–Trinajstić information content (AvgIpc) is 3.16. The molecule has 2 heterocycles. The molecule has 1 aliphatic heterocycles. The van der Waals surface area contributed by atoms with Crippen molar-refractivity contribution < 1.29 is 4.79 Å². The minimum atomic E-state index is 0.146. The number of aromatic nitrogens is 1. The number of carbonyl (C=O) groups is 1. The molecule has 1 saturated carbocycles. The summed E-state index contributed by atoms with van der Waals surface area (Å²) >= 11 is 1.62. The Hall–Kier alpha value is -0.940. The summed E-state index contributed by atoms with van der Waals surface area (Å²) in [5, 5.41) is 3.68. The fourth-order valence-corrected chi connectivity index (χ4v) is 3.43. The van der Waals surface area contributed by atoms with Crippen LogP contribution in [0.1, 0.15) is 43.9 Å². The number of amides is 1. The van der Waals surface area contributed by atoms with Gasteiger partial charge in [-0.15, -0.1) is 11.3 Å². The van der Waals surface area contributed by atoms with E-state index in [9.17, 15) is 4.79 Å². The predicted molar refractivity (Wildman–Crippen MR) is 77.2 cm³/mol. The van der Waals surface area contributed by atoms with Crippen molar-refractivity contribution in [1.82, 2.24) is 9.88 Å². The molecule has 1 amide bonds. The molecular weight excluding hydrogens is 258 g/mol. The van der Waals surface area contributed by atoms with E-state index in [1.54, 1.807) is 11.3 Å². The maximum Gasteiger partial charge on any atom is 0.229 e. The Kier molecular flexibility index (Phi) is 3.84. The number of thiazole rings is 1. The molecule has 104 valence electrons. The van der Waals surface area contributed by atoms with Crippen LogP contribution in [0, 0.1) is 5.92 Å². The molecule has 2 fully saturated rings. The number of anilines is 1. The summed E-state index contributed by atoms with van der Waals surface area (Å²) in [5.74, 6) is 0.390. The van der Waals surface area contributed by atoms with Crippen LogP contribution in [-0.4, -0.2) is 28.4 Å². The number of carbonyl (C=O) groups excluding carboxylic acids is 1. The smallest absolute Gasteiger partial charge is 0.229 e. The summed E-state index contributed by atoms with van der Waals surface area (Å²) < 4.78 is 0. The van der Waals surface area contributed by atoms with Gasteiger partial charge in [-0.1, -0.05) is 6.42 Å². The molecule has 1 aromatic rings. The van der Waals surface area contributed by atoms with Crippen molar-refractivity contribution in [1.29, 1.82) is 0 Å². The van der Waals surface area contributed by atoms with Crippen molar-refractivity contribution >= 4 is 22.4 Å². The molecule has 1 unspecified atom stereocenters. The maximum absolute atomic E-state index is 11.7. The molecule has 0 spiro atoms. The van der Waals surface area contributed by atoms with Gasteiger partial charge < -0.3 is 5.32 Å². The largest absolute Gasteiger partial charge is 0.302 e. The summed E-state index contributed by atoms with van der Waals surface area (Å²) in [6, 6.07) is 0.667. The second-order valence-corrected chi connectivity index (χ2v) is 6.83. The highest BCUT2D eigenvalue weighted by atomic mass is 32.1. The Morgan fingerprint density at radius 3 is 3.05 bits per heavy atom. The van der Waals surface area contributed by atoms with Gasteiger partial charge in [-0.05, 0) is 39.2 Å². The van der Waals surface area contributed by atoms with Gasteiger partial charge in [0.25, 0.3) is 0 Å². The number of likely N-dealkylation sites (tertiary alicyclic amines) is 1. The monoisotopic (exact) mass is 279 g/mol. The van der Waals surface area contributed by atoms with Gasteiger partial charge in [0, 0.05) is 29.6 Å². The van der Waals surface area contributed by atoms with E-state index in [1.165, 1.54) is 30.7 Å². The zero-order chi connectivity index (χ0) is 13.2. The van der Waals surface area contributed by atoms with Gasteiger partial charge in [-0.25, -0.2) is 4.98 Å². The Morgan fingerprint density at radius 2 is 2.32 bits per heavy atom. The number of nitrogens with one attached hydrogen (secondary N) is 1. The Labute approximate surface area is 118 Å².